The van der Waals surface area contributed by atoms with Gasteiger partial charge in [-0.15, -0.1) is 0 Å². The van der Waals surface area contributed by atoms with Gasteiger partial charge < -0.3 is 11.5 Å². The molecule has 132 valence electrons. The maximum Gasteiger partial charge on any atom is 0.160 e. The van der Waals surface area contributed by atoms with Crippen molar-refractivity contribution in [3.63, 3.8) is 0 Å². The Bertz CT molecular complexity index is 838. The highest BCUT2D eigenvalue weighted by atomic mass is 16.1. The lowest BCUT2D eigenvalue weighted by Gasteiger charge is -2.14. The maximum absolute atomic E-state index is 11.9. The van der Waals surface area contributed by atoms with E-state index >= 15 is 0 Å². The van der Waals surface area contributed by atoms with Crippen LogP contribution in [0.5, 0.6) is 0 Å². The molecule has 0 saturated carbocycles. The van der Waals surface area contributed by atoms with E-state index in [0.29, 0.717) is 29.8 Å². The van der Waals surface area contributed by atoms with Crippen molar-refractivity contribution in [1.82, 2.24) is 0 Å². The van der Waals surface area contributed by atoms with Gasteiger partial charge in [-0.25, -0.2) is 0 Å². The van der Waals surface area contributed by atoms with Crippen LogP contribution >= 0.6 is 0 Å². The first kappa shape index (κ1) is 18.7. The van der Waals surface area contributed by atoms with Crippen LogP contribution in [0.3, 0.4) is 0 Å². The van der Waals surface area contributed by atoms with Gasteiger partial charge in [0.1, 0.15) is 0 Å². The molecule has 4 nitrogen and oxygen atoms in total. The molecule has 25 heavy (non-hydrogen) atoms. The summed E-state index contributed by atoms with van der Waals surface area (Å²) in [5.74, 6) is 0.0685. The number of carbonyl (C=O) groups is 2. The van der Waals surface area contributed by atoms with Crippen LogP contribution in [0.15, 0.2) is 24.3 Å². The van der Waals surface area contributed by atoms with Gasteiger partial charge in [-0.1, -0.05) is 6.92 Å². The van der Waals surface area contributed by atoms with Crippen molar-refractivity contribution in [2.45, 2.75) is 47.0 Å². The van der Waals surface area contributed by atoms with Gasteiger partial charge in [-0.3, -0.25) is 9.59 Å². The fourth-order valence-electron chi connectivity index (χ4n) is 3.12. The molecule has 4 N–H and O–H groups in total. The predicted molar refractivity (Wildman–Crippen MR) is 103 cm³/mol. The largest absolute Gasteiger partial charge is 0.399 e. The van der Waals surface area contributed by atoms with Gasteiger partial charge in [-0.2, -0.15) is 0 Å². The highest BCUT2D eigenvalue weighted by molar-refractivity contribution is 5.97. The molecule has 0 heterocycles. The summed E-state index contributed by atoms with van der Waals surface area (Å²) in [4.78, 5) is 23.8. The van der Waals surface area contributed by atoms with Crippen molar-refractivity contribution in [2.24, 2.45) is 0 Å². The Labute approximate surface area is 149 Å². The summed E-state index contributed by atoms with van der Waals surface area (Å²) >= 11 is 0. The number of carbonyl (C=O) groups excluding carboxylic acids is 2. The number of ketones is 2. The molecule has 0 spiro atoms. The van der Waals surface area contributed by atoms with Gasteiger partial charge in [0.25, 0.3) is 0 Å². The number of nitrogen functional groups attached to an aromatic ring is 2. The van der Waals surface area contributed by atoms with Gasteiger partial charge in [-0.05, 0) is 86.6 Å². The second kappa shape index (κ2) is 7.51. The standard InChI is InChI=1S/C21H26N2O2/c1-5-15-10-21(23)17(9-19(15)14(4)25)7-6-16-11-20(22)12(2)8-18(16)13(3)24/h8-11H,5-7,22-23H2,1-4H3. The minimum absolute atomic E-state index is 0.0248. The van der Waals surface area contributed by atoms with Crippen molar-refractivity contribution < 1.29 is 9.59 Å². The van der Waals surface area contributed by atoms with Crippen LogP contribution in [0.4, 0.5) is 11.4 Å². The number of nitrogens with two attached hydrogens (primary N) is 2. The minimum Gasteiger partial charge on any atom is -0.399 e. The van der Waals surface area contributed by atoms with Crippen LogP contribution in [-0.2, 0) is 19.3 Å². The van der Waals surface area contributed by atoms with E-state index in [-0.39, 0.29) is 11.6 Å². The van der Waals surface area contributed by atoms with Gasteiger partial charge in [0.05, 0.1) is 0 Å². The second-order valence-corrected chi connectivity index (χ2v) is 6.54. The average Bonchev–Trinajstić information content (AvgIpc) is 2.55. The molecule has 0 aliphatic rings. The normalized spacial score (nSPS) is 10.7. The average molecular weight is 338 g/mol. The Morgan fingerprint density at radius 3 is 1.88 bits per heavy atom. The third-order valence-corrected chi connectivity index (χ3v) is 4.66. The van der Waals surface area contributed by atoms with E-state index in [2.05, 4.69) is 0 Å². The Kier molecular flexibility index (Phi) is 5.62. The van der Waals surface area contributed by atoms with Gasteiger partial charge in [0, 0.05) is 22.5 Å². The number of hydrogen-bond acceptors (Lipinski definition) is 4. The molecule has 0 saturated heterocycles. The van der Waals surface area contributed by atoms with Crippen LogP contribution < -0.4 is 11.5 Å². The summed E-state index contributed by atoms with van der Waals surface area (Å²) in [7, 11) is 0. The number of Topliss-reactive ketones (excluding diaryl/α,β-unsaturated/α-hetero) is 2. The highest BCUT2D eigenvalue weighted by Crippen LogP contribution is 2.25. The van der Waals surface area contributed by atoms with E-state index in [1.807, 2.05) is 38.1 Å². The van der Waals surface area contributed by atoms with Gasteiger partial charge in [0.15, 0.2) is 11.6 Å². The van der Waals surface area contributed by atoms with E-state index in [0.717, 1.165) is 34.2 Å². The zero-order chi connectivity index (χ0) is 18.7. The third kappa shape index (κ3) is 4.08. The smallest absolute Gasteiger partial charge is 0.160 e. The Morgan fingerprint density at radius 2 is 1.32 bits per heavy atom. The Balaban J connectivity index is 2.36. The van der Waals surface area contributed by atoms with E-state index in [4.69, 9.17) is 11.5 Å². The monoisotopic (exact) mass is 338 g/mol. The highest BCUT2D eigenvalue weighted by Gasteiger charge is 2.13. The van der Waals surface area contributed by atoms with Crippen LogP contribution in [-0.4, -0.2) is 11.6 Å². The van der Waals surface area contributed by atoms with E-state index in [1.54, 1.807) is 13.8 Å². The third-order valence-electron chi connectivity index (χ3n) is 4.66. The first-order chi connectivity index (χ1) is 11.7. The molecular weight excluding hydrogens is 312 g/mol. The first-order valence-corrected chi connectivity index (χ1v) is 8.56. The van der Waals surface area contributed by atoms with Crippen LogP contribution in [0.25, 0.3) is 0 Å². The lowest BCUT2D eigenvalue weighted by molar-refractivity contribution is 0.100. The molecule has 0 aromatic heterocycles. The minimum atomic E-state index is 0.0248. The number of hydrogen-bond donors (Lipinski definition) is 2. The summed E-state index contributed by atoms with van der Waals surface area (Å²) in [5.41, 5.74) is 18.7. The molecule has 0 aliphatic heterocycles. The zero-order valence-electron chi connectivity index (χ0n) is 15.4. The molecule has 4 heteroatoms. The summed E-state index contributed by atoms with van der Waals surface area (Å²) in [6, 6.07) is 7.50. The van der Waals surface area contributed by atoms with Gasteiger partial charge >= 0.3 is 0 Å². The maximum atomic E-state index is 11.9. The Hall–Kier alpha value is -2.62. The molecule has 2 rings (SSSR count). The summed E-state index contributed by atoms with van der Waals surface area (Å²) in [6.45, 7) is 7.04. The van der Waals surface area contributed by atoms with Crippen LogP contribution in [0, 0.1) is 6.92 Å². The molecule has 0 fully saturated rings. The summed E-state index contributed by atoms with van der Waals surface area (Å²) < 4.78 is 0. The van der Waals surface area contributed by atoms with Gasteiger partial charge in [0.2, 0.25) is 0 Å². The van der Waals surface area contributed by atoms with Crippen molar-refractivity contribution in [3.8, 4) is 0 Å². The Morgan fingerprint density at radius 1 is 0.800 bits per heavy atom. The number of aryl methyl sites for hydroxylation is 4. The number of benzene rings is 2. The van der Waals surface area contributed by atoms with E-state index < -0.39 is 0 Å². The molecule has 2 aromatic rings. The zero-order valence-corrected chi connectivity index (χ0v) is 15.4. The van der Waals surface area contributed by atoms with E-state index in [9.17, 15) is 9.59 Å². The quantitative estimate of drug-likeness (QED) is 0.617. The molecule has 0 bridgehead atoms. The van der Waals surface area contributed by atoms with E-state index in [1.165, 1.54) is 0 Å². The number of anilines is 2. The fraction of sp³-hybridized carbons (Fsp3) is 0.333. The lowest BCUT2D eigenvalue weighted by atomic mass is 9.92. The molecule has 0 radical (unpaired) electrons. The second-order valence-electron chi connectivity index (χ2n) is 6.54. The predicted octanol–water partition coefficient (Wildman–Crippen LogP) is 3.91. The fourth-order valence-corrected chi connectivity index (χ4v) is 3.12. The molecule has 0 amide bonds. The summed E-state index contributed by atoms with van der Waals surface area (Å²) in [5, 5.41) is 0. The molecule has 2 aromatic carbocycles. The number of rotatable bonds is 6. The topological polar surface area (TPSA) is 86.2 Å². The SMILES string of the molecule is CCc1cc(N)c(CCc2cc(N)c(C)cc2C(C)=O)cc1C(C)=O. The van der Waals surface area contributed by atoms with Crippen molar-refractivity contribution in [1.29, 1.82) is 0 Å². The summed E-state index contributed by atoms with van der Waals surface area (Å²) in [6.07, 6.45) is 2.06. The molecule has 0 aliphatic carbocycles. The molecule has 0 atom stereocenters. The van der Waals surface area contributed by atoms with Crippen LogP contribution in [0.2, 0.25) is 0 Å². The first-order valence-electron chi connectivity index (χ1n) is 8.56. The molecule has 0 unspecified atom stereocenters. The van der Waals surface area contributed by atoms with Crippen molar-refractivity contribution in [2.75, 3.05) is 11.5 Å². The molecular formula is C21H26N2O2. The van der Waals surface area contributed by atoms with Crippen molar-refractivity contribution >= 4 is 22.9 Å². The lowest BCUT2D eigenvalue weighted by Crippen LogP contribution is -2.07. The van der Waals surface area contributed by atoms with Crippen LogP contribution in [0.1, 0.15) is 63.7 Å². The van der Waals surface area contributed by atoms with Crippen molar-refractivity contribution in [3.05, 3.63) is 57.6 Å².